The summed E-state index contributed by atoms with van der Waals surface area (Å²) >= 11 is 0. The molecule has 1 heterocycles. The molecule has 1 aliphatic rings. The van der Waals surface area contributed by atoms with Gasteiger partial charge in [-0.15, -0.1) is 0 Å². The monoisotopic (exact) mass is 378 g/mol. The van der Waals surface area contributed by atoms with E-state index in [1.165, 1.54) is 11.1 Å². The summed E-state index contributed by atoms with van der Waals surface area (Å²) in [5.74, 6) is 0.182. The Morgan fingerprint density at radius 2 is 1.82 bits per heavy atom. The van der Waals surface area contributed by atoms with Crippen molar-refractivity contribution in [3.8, 4) is 11.1 Å². The minimum atomic E-state index is -0.549. The molecule has 1 atom stereocenters. The number of rotatable bonds is 6. The summed E-state index contributed by atoms with van der Waals surface area (Å²) in [6.45, 7) is 7.65. The molecule has 1 aliphatic heterocycles. The summed E-state index contributed by atoms with van der Waals surface area (Å²) in [5.41, 5.74) is 4.15. The number of hydrogen-bond donors (Lipinski definition) is 1. The van der Waals surface area contributed by atoms with Gasteiger partial charge in [-0.2, -0.15) is 0 Å². The van der Waals surface area contributed by atoms with E-state index < -0.39 is 5.41 Å². The van der Waals surface area contributed by atoms with E-state index in [2.05, 4.69) is 60.8 Å². The first-order chi connectivity index (χ1) is 13.5. The van der Waals surface area contributed by atoms with Gasteiger partial charge in [0.05, 0.1) is 5.41 Å². The van der Waals surface area contributed by atoms with Crippen LogP contribution in [-0.2, 0) is 16.0 Å². The van der Waals surface area contributed by atoms with Crippen molar-refractivity contribution in [1.29, 1.82) is 0 Å². The number of nitrogens with zero attached hydrogens (tertiary/aromatic N) is 1. The lowest BCUT2D eigenvalue weighted by Gasteiger charge is -2.28. The molecule has 28 heavy (non-hydrogen) atoms. The van der Waals surface area contributed by atoms with Crippen molar-refractivity contribution in [3.05, 3.63) is 59.7 Å². The maximum absolute atomic E-state index is 13.0. The van der Waals surface area contributed by atoms with Crippen molar-refractivity contribution in [1.82, 2.24) is 10.2 Å². The second kappa shape index (κ2) is 8.59. The van der Waals surface area contributed by atoms with Crippen LogP contribution in [0.2, 0.25) is 0 Å². The molecule has 2 amide bonds. The van der Waals surface area contributed by atoms with E-state index >= 15 is 0 Å². The lowest BCUT2D eigenvalue weighted by molar-refractivity contribution is -0.133. The highest BCUT2D eigenvalue weighted by Crippen LogP contribution is 2.36. The van der Waals surface area contributed by atoms with Crippen LogP contribution in [-0.4, -0.2) is 36.3 Å². The lowest BCUT2D eigenvalue weighted by Crippen LogP contribution is -2.45. The predicted molar refractivity (Wildman–Crippen MR) is 113 cm³/mol. The molecule has 0 spiro atoms. The highest BCUT2D eigenvalue weighted by Gasteiger charge is 2.45. The highest BCUT2D eigenvalue weighted by atomic mass is 16.2. The van der Waals surface area contributed by atoms with Crippen LogP contribution in [0.1, 0.15) is 37.8 Å². The van der Waals surface area contributed by atoms with Crippen molar-refractivity contribution >= 4 is 11.8 Å². The fourth-order valence-electron chi connectivity index (χ4n) is 4.06. The maximum atomic E-state index is 13.0. The van der Waals surface area contributed by atoms with Gasteiger partial charge in [0.15, 0.2) is 0 Å². The molecule has 4 nitrogen and oxygen atoms in total. The van der Waals surface area contributed by atoms with E-state index in [4.69, 9.17) is 0 Å². The van der Waals surface area contributed by atoms with Crippen LogP contribution in [0.25, 0.3) is 11.1 Å². The second-order valence-electron chi connectivity index (χ2n) is 7.80. The molecule has 0 radical (unpaired) electrons. The van der Waals surface area contributed by atoms with E-state index in [0.29, 0.717) is 38.9 Å². The fraction of sp³-hybridized carbons (Fsp3) is 0.417. The van der Waals surface area contributed by atoms with Gasteiger partial charge in [0.25, 0.3) is 0 Å². The number of nitrogens with one attached hydrogen (secondary N) is 1. The Balaban J connectivity index is 1.87. The Hall–Kier alpha value is -2.62. The number of carbonyl (C=O) groups is 2. The summed E-state index contributed by atoms with van der Waals surface area (Å²) in [7, 11) is 0. The minimum absolute atomic E-state index is 0.0575. The zero-order chi connectivity index (χ0) is 20.1. The molecule has 1 fully saturated rings. The number of carbonyl (C=O) groups excluding carboxylic acids is 2. The molecule has 148 valence electrons. The van der Waals surface area contributed by atoms with Crippen molar-refractivity contribution in [3.63, 3.8) is 0 Å². The van der Waals surface area contributed by atoms with Crippen molar-refractivity contribution < 1.29 is 9.59 Å². The van der Waals surface area contributed by atoms with Gasteiger partial charge in [0.1, 0.15) is 0 Å². The quantitative estimate of drug-likeness (QED) is 0.827. The molecular formula is C24H30N2O2. The highest BCUT2D eigenvalue weighted by molar-refractivity contribution is 5.85. The molecule has 3 rings (SSSR count). The first-order valence-corrected chi connectivity index (χ1v) is 10.2. The third kappa shape index (κ3) is 4.27. The van der Waals surface area contributed by atoms with Crippen molar-refractivity contribution in [2.24, 2.45) is 5.41 Å². The average Bonchev–Trinajstić information content (AvgIpc) is 3.14. The molecule has 0 bridgehead atoms. The van der Waals surface area contributed by atoms with Gasteiger partial charge in [-0.3, -0.25) is 9.59 Å². The van der Waals surface area contributed by atoms with Crippen LogP contribution in [0.15, 0.2) is 48.5 Å². The van der Waals surface area contributed by atoms with Gasteiger partial charge >= 0.3 is 0 Å². The van der Waals surface area contributed by atoms with Crippen LogP contribution < -0.4 is 5.32 Å². The Labute approximate surface area is 167 Å². The summed E-state index contributed by atoms with van der Waals surface area (Å²) in [4.78, 5) is 27.0. The average molecular weight is 379 g/mol. The number of aryl methyl sites for hydroxylation is 1. The third-order valence-electron chi connectivity index (χ3n) is 5.68. The first-order valence-electron chi connectivity index (χ1n) is 10.2. The topological polar surface area (TPSA) is 49.4 Å². The Kier molecular flexibility index (Phi) is 6.18. The van der Waals surface area contributed by atoms with Crippen molar-refractivity contribution in [2.75, 3.05) is 19.6 Å². The molecule has 1 saturated heterocycles. The smallest absolute Gasteiger partial charge is 0.228 e. The largest absolute Gasteiger partial charge is 0.356 e. The van der Waals surface area contributed by atoms with E-state index in [-0.39, 0.29) is 11.8 Å². The summed E-state index contributed by atoms with van der Waals surface area (Å²) in [5, 5.41) is 3.00. The van der Waals surface area contributed by atoms with Crippen LogP contribution in [0.5, 0.6) is 0 Å². The molecule has 0 unspecified atom stereocenters. The van der Waals surface area contributed by atoms with Gasteiger partial charge in [0, 0.05) is 26.1 Å². The number of amides is 2. The van der Waals surface area contributed by atoms with Gasteiger partial charge < -0.3 is 10.2 Å². The second-order valence-corrected chi connectivity index (χ2v) is 7.80. The van der Waals surface area contributed by atoms with E-state index in [9.17, 15) is 9.59 Å². The Morgan fingerprint density at radius 1 is 1.07 bits per heavy atom. The fourth-order valence-corrected chi connectivity index (χ4v) is 4.06. The van der Waals surface area contributed by atoms with Crippen molar-refractivity contribution in [2.45, 2.75) is 40.0 Å². The van der Waals surface area contributed by atoms with Crippen LogP contribution in [0.4, 0.5) is 0 Å². The summed E-state index contributed by atoms with van der Waals surface area (Å²) in [6.07, 6.45) is 1.83. The zero-order valence-corrected chi connectivity index (χ0v) is 17.1. The maximum Gasteiger partial charge on any atom is 0.228 e. The number of benzene rings is 2. The molecule has 1 N–H and O–H groups in total. The normalized spacial score (nSPS) is 18.9. The first kappa shape index (κ1) is 20.1. The Bertz CT molecular complexity index is 844. The van der Waals surface area contributed by atoms with Crippen LogP contribution >= 0.6 is 0 Å². The van der Waals surface area contributed by atoms with Crippen LogP contribution in [0, 0.1) is 12.3 Å². The zero-order valence-electron chi connectivity index (χ0n) is 17.1. The van der Waals surface area contributed by atoms with E-state index in [1.807, 2.05) is 18.7 Å². The standard InChI is InChI=1S/C24H30N2O2/c1-4-22(27)26-14-13-24(17-26,23(28)25-5-2)16-19-7-6-8-21(15-19)20-11-9-18(3)10-12-20/h6-12,15H,4-5,13-14,16-17H2,1-3H3,(H,25,28)/t24-/m1/s1. The summed E-state index contributed by atoms with van der Waals surface area (Å²) < 4.78 is 0. The predicted octanol–water partition coefficient (Wildman–Crippen LogP) is 3.97. The molecule has 0 aliphatic carbocycles. The minimum Gasteiger partial charge on any atom is -0.356 e. The van der Waals surface area contributed by atoms with E-state index in [1.54, 1.807) is 0 Å². The van der Waals surface area contributed by atoms with Gasteiger partial charge in [-0.25, -0.2) is 0 Å². The molecular weight excluding hydrogens is 348 g/mol. The lowest BCUT2D eigenvalue weighted by atomic mass is 9.79. The SMILES string of the molecule is CCNC(=O)[C@@]1(Cc2cccc(-c3ccc(C)cc3)c2)CCN(C(=O)CC)C1. The van der Waals surface area contributed by atoms with Gasteiger partial charge in [0.2, 0.25) is 11.8 Å². The molecule has 2 aromatic rings. The number of hydrogen-bond acceptors (Lipinski definition) is 2. The number of likely N-dealkylation sites (tertiary alicyclic amines) is 1. The van der Waals surface area contributed by atoms with E-state index in [0.717, 1.165) is 11.1 Å². The van der Waals surface area contributed by atoms with Gasteiger partial charge in [-0.05, 0) is 43.4 Å². The molecule has 0 aromatic heterocycles. The third-order valence-corrected chi connectivity index (χ3v) is 5.68. The molecule has 4 heteroatoms. The van der Waals surface area contributed by atoms with Crippen LogP contribution in [0.3, 0.4) is 0 Å². The molecule has 0 saturated carbocycles. The van der Waals surface area contributed by atoms with Gasteiger partial charge in [-0.1, -0.05) is 61.0 Å². The Morgan fingerprint density at radius 3 is 2.50 bits per heavy atom. The molecule has 2 aromatic carbocycles. The summed E-state index contributed by atoms with van der Waals surface area (Å²) in [6, 6.07) is 16.9.